The Labute approximate surface area is 41.5 Å². The van der Waals surface area contributed by atoms with E-state index >= 15 is 0 Å². The minimum Gasteiger partial charge on any atom is -0.209 e. The van der Waals surface area contributed by atoms with Gasteiger partial charge >= 0.3 is 14.2 Å². The molecule has 0 aliphatic heterocycles. The van der Waals surface area contributed by atoms with E-state index in [1.165, 1.54) is 0 Å². The first kappa shape index (κ1) is 6.64. The molecule has 0 rings (SSSR count). The summed E-state index contributed by atoms with van der Waals surface area (Å²) >= 11 is 0. The van der Waals surface area contributed by atoms with E-state index in [4.69, 9.17) is 15.0 Å². The van der Waals surface area contributed by atoms with Crippen LogP contribution in [-0.4, -0.2) is 16.5 Å². The Morgan fingerprint density at radius 1 is 1.71 bits per heavy atom. The van der Waals surface area contributed by atoms with Crippen LogP contribution in [0.15, 0.2) is 0 Å². The fraction of sp³-hybridized carbons (Fsp3) is 0.500. The van der Waals surface area contributed by atoms with Crippen LogP contribution in [0.5, 0.6) is 0 Å². The molecule has 4 nitrogen and oxygen atoms in total. The zero-order chi connectivity index (χ0) is 5.91. The van der Waals surface area contributed by atoms with Crippen LogP contribution in [0.3, 0.4) is 0 Å². The van der Waals surface area contributed by atoms with Gasteiger partial charge in [0.2, 0.25) is 0 Å². The summed E-state index contributed by atoms with van der Waals surface area (Å²) in [5.41, 5.74) is 0. The summed E-state index contributed by atoms with van der Waals surface area (Å²) in [6.07, 6.45) is 1.16. The summed E-state index contributed by atoms with van der Waals surface area (Å²) in [6.45, 7) is 1.05. The molecule has 0 spiro atoms. The summed E-state index contributed by atoms with van der Waals surface area (Å²) in [7, 11) is -3.28. The topological polar surface area (TPSA) is 73.5 Å². The van der Waals surface area contributed by atoms with E-state index in [-0.39, 0.29) is 0 Å². The summed E-state index contributed by atoms with van der Waals surface area (Å²) < 4.78 is 3.76. The van der Waals surface area contributed by atoms with E-state index in [1.54, 1.807) is 0 Å². The van der Waals surface area contributed by atoms with Crippen molar-refractivity contribution in [1.82, 2.24) is 0 Å². The van der Waals surface area contributed by atoms with Crippen molar-refractivity contribution in [2.45, 2.75) is 0 Å². The lowest BCUT2D eigenvalue weighted by molar-refractivity contribution is 0.327. The second-order valence-electron chi connectivity index (χ2n) is 1.02. The normalized spacial score (nSPS) is 10.0. The second-order valence-corrected chi connectivity index (χ2v) is 2.87. The summed E-state index contributed by atoms with van der Waals surface area (Å²) in [5.74, 6) is 0. The smallest absolute Gasteiger partial charge is 0.209 e. The molecule has 0 radical (unpaired) electrons. The molecule has 0 atom stereocenters. The second kappa shape index (κ2) is 2.08. The third-order valence-corrected chi connectivity index (χ3v) is 0.641. The molecule has 0 amide bonds. The summed E-state index contributed by atoms with van der Waals surface area (Å²) in [6, 6.07) is 0. The van der Waals surface area contributed by atoms with E-state index in [1.807, 2.05) is 0 Å². The van der Waals surface area contributed by atoms with Gasteiger partial charge in [-0.1, -0.05) is 0 Å². The van der Waals surface area contributed by atoms with Gasteiger partial charge in [-0.2, -0.15) is 9.79 Å². The van der Waals surface area contributed by atoms with Crippen LogP contribution in [0, 0.1) is 11.5 Å². The van der Waals surface area contributed by atoms with Crippen LogP contribution < -0.4 is 0 Å². The first-order chi connectivity index (χ1) is 3.06. The third kappa shape index (κ3) is 5.64. The van der Waals surface area contributed by atoms with Crippen LogP contribution in [-0.2, 0) is 4.52 Å². The minimum atomic E-state index is -3.28. The Hall–Kier alpha value is -0.360. The van der Waals surface area contributed by atoms with Crippen LogP contribution in [0.25, 0.3) is 0 Å². The van der Waals surface area contributed by atoms with E-state index < -0.39 is 7.94 Å². The van der Waals surface area contributed by atoms with E-state index in [2.05, 4.69) is 4.52 Å². The fourth-order valence-electron chi connectivity index (χ4n) is 0.0773. The summed E-state index contributed by atoms with van der Waals surface area (Å²) in [5, 5.41) is 7.64. The molecule has 2 N–H and O–H groups in total. The lowest BCUT2D eigenvalue weighted by atomic mass is 11.6. The number of hydrogen-bond donors (Lipinski definition) is 2. The molecule has 0 fully saturated rings. The Morgan fingerprint density at radius 2 is 2.14 bits per heavy atom. The molecule has 0 heterocycles. The zero-order valence-electron chi connectivity index (χ0n) is 3.70. The van der Waals surface area contributed by atoms with Crippen LogP contribution in [0.1, 0.15) is 0 Å². The molecule has 7 heavy (non-hydrogen) atoms. The zero-order valence-corrected chi connectivity index (χ0v) is 4.59. The van der Waals surface area contributed by atoms with Crippen molar-refractivity contribution in [3.8, 4) is 6.26 Å². The average Bonchev–Trinajstić information content (AvgIpc) is 1.30. The summed E-state index contributed by atoms with van der Waals surface area (Å²) in [4.78, 5) is 16.5. The molecule has 0 saturated heterocycles. The fourth-order valence-corrected chi connectivity index (χ4v) is 0.232. The SMILES string of the molecule is C[P+](O)(O)OC#N. The van der Waals surface area contributed by atoms with Gasteiger partial charge in [0.05, 0.1) is 0 Å². The Kier molecular flexibility index (Phi) is 1.97. The van der Waals surface area contributed by atoms with Crippen molar-refractivity contribution in [1.29, 1.82) is 5.26 Å². The largest absolute Gasteiger partial charge is 0.465 e. The molecular weight excluding hydrogens is 117 g/mol. The van der Waals surface area contributed by atoms with Crippen molar-refractivity contribution in [2.75, 3.05) is 6.66 Å². The predicted octanol–water partition coefficient (Wildman–Crippen LogP) is -0.139. The van der Waals surface area contributed by atoms with Crippen molar-refractivity contribution in [3.63, 3.8) is 0 Å². The Balaban J connectivity index is 3.40. The van der Waals surface area contributed by atoms with E-state index in [0.29, 0.717) is 0 Å². The van der Waals surface area contributed by atoms with Gasteiger partial charge in [-0.15, -0.1) is 5.26 Å². The number of nitriles is 1. The molecule has 5 heteroatoms. The number of nitrogens with zero attached hydrogens (tertiary/aromatic N) is 1. The van der Waals surface area contributed by atoms with Gasteiger partial charge in [0.25, 0.3) is 0 Å². The molecule has 40 valence electrons. The van der Waals surface area contributed by atoms with Gasteiger partial charge in [-0.05, 0) is 0 Å². The van der Waals surface area contributed by atoms with Crippen molar-refractivity contribution in [3.05, 3.63) is 0 Å². The van der Waals surface area contributed by atoms with Gasteiger partial charge in [-0.3, -0.25) is 0 Å². The van der Waals surface area contributed by atoms with Crippen LogP contribution in [0.2, 0.25) is 0 Å². The first-order valence-corrected chi connectivity index (χ1v) is 3.52. The Morgan fingerprint density at radius 3 is 2.14 bits per heavy atom. The van der Waals surface area contributed by atoms with Crippen LogP contribution in [0.4, 0.5) is 0 Å². The highest BCUT2D eigenvalue weighted by Gasteiger charge is 2.27. The van der Waals surface area contributed by atoms with Gasteiger partial charge in [-0.25, -0.2) is 4.52 Å². The van der Waals surface area contributed by atoms with Gasteiger partial charge in [0, 0.05) is 0 Å². The minimum absolute atomic E-state index is 1.05. The highest BCUT2D eigenvalue weighted by molar-refractivity contribution is 7.58. The molecule has 0 aromatic carbocycles. The van der Waals surface area contributed by atoms with Gasteiger partial charge < -0.3 is 0 Å². The maximum atomic E-state index is 8.24. The quantitative estimate of drug-likeness (QED) is 0.375. The highest BCUT2D eigenvalue weighted by atomic mass is 31.2. The molecule has 0 unspecified atom stereocenters. The molecular formula is C2H5NO3P+. The van der Waals surface area contributed by atoms with Gasteiger partial charge in [0.15, 0.2) is 0 Å². The third-order valence-electron chi connectivity index (χ3n) is 0.214. The maximum Gasteiger partial charge on any atom is 0.465 e. The molecule has 0 aromatic rings. The first-order valence-electron chi connectivity index (χ1n) is 1.46. The molecule has 0 aliphatic carbocycles. The molecule has 0 bridgehead atoms. The lowest BCUT2D eigenvalue weighted by Crippen LogP contribution is -1.86. The number of rotatable bonds is 1. The Bertz CT molecular complexity index is 90.1. The van der Waals surface area contributed by atoms with Crippen molar-refractivity contribution >= 4 is 7.94 Å². The van der Waals surface area contributed by atoms with E-state index in [0.717, 1.165) is 12.9 Å². The standard InChI is InChI=1S/C2H5NO3P/c1-7(4,5)6-2-3/h4-5H,1H3/q+1. The van der Waals surface area contributed by atoms with Crippen molar-refractivity contribution in [2.24, 2.45) is 0 Å². The predicted molar refractivity (Wildman–Crippen MR) is 24.0 cm³/mol. The highest BCUT2D eigenvalue weighted by Crippen LogP contribution is 2.45. The average molecular weight is 122 g/mol. The lowest BCUT2D eigenvalue weighted by Gasteiger charge is -1.94. The molecule has 0 aromatic heterocycles. The molecule has 0 saturated carbocycles. The van der Waals surface area contributed by atoms with E-state index in [9.17, 15) is 0 Å². The van der Waals surface area contributed by atoms with Crippen LogP contribution >= 0.6 is 7.94 Å². The maximum absolute atomic E-state index is 8.24. The number of hydrogen-bond acceptors (Lipinski definition) is 4. The van der Waals surface area contributed by atoms with Gasteiger partial charge in [0.1, 0.15) is 6.66 Å². The molecule has 0 aliphatic rings. The monoisotopic (exact) mass is 122 g/mol. The van der Waals surface area contributed by atoms with Crippen molar-refractivity contribution < 1.29 is 14.3 Å².